The van der Waals surface area contributed by atoms with Crippen molar-refractivity contribution in [2.24, 2.45) is 35.5 Å². The zero-order chi connectivity index (χ0) is 27.0. The van der Waals surface area contributed by atoms with E-state index in [1.54, 1.807) is 0 Å². The zero-order valence-corrected chi connectivity index (χ0v) is 21.9. The summed E-state index contributed by atoms with van der Waals surface area (Å²) in [6.45, 7) is 14.2. The molecule has 4 saturated carbocycles. The fraction of sp³-hybridized carbons (Fsp3) is 0.690. The number of aliphatic carboxylic acids is 1. The van der Waals surface area contributed by atoms with Crippen molar-refractivity contribution in [2.45, 2.75) is 89.6 Å². The van der Waals surface area contributed by atoms with Crippen molar-refractivity contribution in [1.29, 1.82) is 0 Å². The second kappa shape index (κ2) is 11.0. The Morgan fingerprint density at radius 3 is 1.81 bits per heavy atom. The summed E-state index contributed by atoms with van der Waals surface area (Å²) in [7, 11) is 0. The highest BCUT2D eigenvalue weighted by Crippen LogP contribution is 2.49. The monoisotopic (exact) mass is 516 g/mol. The Kier molecular flexibility index (Phi) is 8.17. The van der Waals surface area contributed by atoms with Gasteiger partial charge in [0.2, 0.25) is 0 Å². The first-order chi connectivity index (χ1) is 17.4. The number of carboxylic acid groups (broad SMARTS) is 1. The van der Waals surface area contributed by atoms with Crippen molar-refractivity contribution in [3.8, 4) is 0 Å². The Hall–Kier alpha value is -2.61. The summed E-state index contributed by atoms with van der Waals surface area (Å²) in [6.07, 6.45) is 7.22. The maximum atomic E-state index is 11.9. The molecule has 4 saturated heterocycles. The molecule has 10 atom stereocenters. The summed E-state index contributed by atoms with van der Waals surface area (Å²) in [5.41, 5.74) is 1.02. The lowest BCUT2D eigenvalue weighted by atomic mass is 9.67. The van der Waals surface area contributed by atoms with Crippen molar-refractivity contribution in [2.75, 3.05) is 0 Å². The molecule has 0 aromatic rings. The SMILES string of the molecule is C=C(C)C(=C)OC1C2CC3CC(C2)C(=O)OC1C3.C=C(C)C(=O)O.O=C1OC2CC3CC1CC(C3)C2O. The summed E-state index contributed by atoms with van der Waals surface area (Å²) in [5, 5.41) is 17.7. The number of rotatable bonds is 4. The lowest BCUT2D eigenvalue weighted by Crippen LogP contribution is -2.44. The fourth-order valence-electron chi connectivity index (χ4n) is 6.98. The number of esters is 2. The van der Waals surface area contributed by atoms with Gasteiger partial charge in [0.25, 0.3) is 0 Å². The van der Waals surface area contributed by atoms with Gasteiger partial charge < -0.3 is 24.4 Å². The molecule has 8 fully saturated rings. The number of allylic oxidation sites excluding steroid dienone is 1. The van der Waals surface area contributed by atoms with Gasteiger partial charge in [-0.15, -0.1) is 0 Å². The first-order valence-electron chi connectivity index (χ1n) is 13.4. The number of carboxylic acids is 1. The predicted molar refractivity (Wildman–Crippen MR) is 135 cm³/mol. The van der Waals surface area contributed by atoms with Gasteiger partial charge in [-0.3, -0.25) is 9.59 Å². The highest BCUT2D eigenvalue weighted by Gasteiger charge is 2.51. The van der Waals surface area contributed by atoms with Crippen LogP contribution in [0, 0.1) is 35.5 Å². The largest absolute Gasteiger partial charge is 0.487 e. The maximum absolute atomic E-state index is 11.9. The van der Waals surface area contributed by atoms with Crippen LogP contribution in [0.1, 0.15) is 65.2 Å². The minimum Gasteiger partial charge on any atom is -0.487 e. The van der Waals surface area contributed by atoms with Gasteiger partial charge in [0, 0.05) is 11.5 Å². The Morgan fingerprint density at radius 2 is 1.27 bits per heavy atom. The van der Waals surface area contributed by atoms with Crippen LogP contribution in [0.15, 0.2) is 36.6 Å². The molecule has 8 rings (SSSR count). The minimum atomic E-state index is -0.935. The topological polar surface area (TPSA) is 119 Å². The number of carbonyl (C=O) groups excluding carboxylic acids is 2. The molecular weight excluding hydrogens is 476 g/mol. The Balaban J connectivity index is 0.000000147. The van der Waals surface area contributed by atoms with Crippen LogP contribution in [0.5, 0.6) is 0 Å². The fourth-order valence-corrected chi connectivity index (χ4v) is 6.98. The Morgan fingerprint density at radius 1 is 0.784 bits per heavy atom. The van der Waals surface area contributed by atoms with E-state index in [-0.39, 0.29) is 53.8 Å². The second-order valence-electron chi connectivity index (χ2n) is 11.8. The third kappa shape index (κ3) is 6.11. The van der Waals surface area contributed by atoms with Crippen LogP contribution < -0.4 is 0 Å². The first-order valence-corrected chi connectivity index (χ1v) is 13.4. The zero-order valence-electron chi connectivity index (χ0n) is 21.9. The van der Waals surface area contributed by atoms with Crippen molar-refractivity contribution < 1.29 is 38.8 Å². The van der Waals surface area contributed by atoms with Crippen molar-refractivity contribution >= 4 is 17.9 Å². The quantitative estimate of drug-likeness (QED) is 0.247. The summed E-state index contributed by atoms with van der Waals surface area (Å²) in [5.74, 6) is 1.85. The number of aliphatic hydroxyl groups is 1. The Labute approximate surface area is 218 Å². The molecule has 37 heavy (non-hydrogen) atoms. The van der Waals surface area contributed by atoms with E-state index in [1.807, 2.05) is 6.92 Å². The van der Waals surface area contributed by atoms with Gasteiger partial charge in [-0.1, -0.05) is 19.7 Å². The highest BCUT2D eigenvalue weighted by atomic mass is 16.6. The summed E-state index contributed by atoms with van der Waals surface area (Å²) < 4.78 is 16.8. The third-order valence-electron chi connectivity index (χ3n) is 8.83. The molecule has 8 aliphatic rings. The van der Waals surface area contributed by atoms with E-state index >= 15 is 0 Å². The van der Waals surface area contributed by atoms with Crippen LogP contribution in [-0.4, -0.2) is 52.5 Å². The number of hydrogen-bond donors (Lipinski definition) is 2. The number of ether oxygens (including phenoxy) is 3. The molecular formula is C29H40O8. The highest BCUT2D eigenvalue weighted by molar-refractivity contribution is 5.84. The van der Waals surface area contributed by atoms with Crippen LogP contribution in [0.25, 0.3) is 0 Å². The molecule has 8 heteroatoms. The number of hydrogen-bond acceptors (Lipinski definition) is 7. The van der Waals surface area contributed by atoms with Gasteiger partial charge in [-0.2, -0.15) is 0 Å². The average molecular weight is 517 g/mol. The van der Waals surface area contributed by atoms with Gasteiger partial charge in [0.15, 0.2) is 0 Å². The molecule has 4 heterocycles. The van der Waals surface area contributed by atoms with Gasteiger partial charge in [-0.05, 0) is 88.5 Å². The normalized spacial score (nSPS) is 40.0. The van der Waals surface area contributed by atoms with Crippen molar-refractivity contribution in [3.63, 3.8) is 0 Å². The molecule has 8 nitrogen and oxygen atoms in total. The van der Waals surface area contributed by atoms with E-state index in [1.165, 1.54) is 6.92 Å². The molecule has 0 radical (unpaired) electrons. The predicted octanol–water partition coefficient (Wildman–Crippen LogP) is 4.18. The van der Waals surface area contributed by atoms with Crippen LogP contribution in [0.4, 0.5) is 0 Å². The molecule has 204 valence electrons. The van der Waals surface area contributed by atoms with Crippen LogP contribution in [-0.2, 0) is 28.6 Å². The second-order valence-corrected chi connectivity index (χ2v) is 11.8. The Bertz CT molecular complexity index is 957. The molecule has 0 amide bonds. The number of fused-ring (bicyclic) bond motifs is 2. The van der Waals surface area contributed by atoms with E-state index in [4.69, 9.17) is 19.3 Å². The van der Waals surface area contributed by atoms with E-state index < -0.39 is 5.97 Å². The molecule has 10 unspecified atom stereocenters. The number of carbonyl (C=O) groups is 3. The molecule has 8 bridgehead atoms. The van der Waals surface area contributed by atoms with E-state index in [0.29, 0.717) is 29.4 Å². The molecule has 4 aliphatic carbocycles. The van der Waals surface area contributed by atoms with Crippen LogP contribution in [0.2, 0.25) is 0 Å². The molecule has 4 aliphatic heterocycles. The van der Waals surface area contributed by atoms with Crippen LogP contribution >= 0.6 is 0 Å². The van der Waals surface area contributed by atoms with E-state index in [0.717, 1.165) is 56.9 Å². The lowest BCUT2D eigenvalue weighted by molar-refractivity contribution is -0.157. The van der Waals surface area contributed by atoms with Crippen LogP contribution in [0.3, 0.4) is 0 Å². The molecule has 2 N–H and O–H groups in total. The first kappa shape index (κ1) is 27.4. The molecule has 0 aromatic heterocycles. The van der Waals surface area contributed by atoms with Gasteiger partial charge in [0.05, 0.1) is 17.9 Å². The standard InChI is InChI=1S/C15H20O3.C10H14O3.C4H6O2/c1-8(2)9(3)17-14-11-4-10-5-12(7-11)15(16)18-13(14)6-10;11-9-6-1-5-2-7(4-6)10(12)13-8(9)3-5;1-3(2)4(5)6/h10-14H,1,3-7H2,2H3;5-9,11H,1-4H2;1H2,2H3,(H,5,6). The van der Waals surface area contributed by atoms with Gasteiger partial charge in [0.1, 0.15) is 24.1 Å². The summed E-state index contributed by atoms with van der Waals surface area (Å²) >= 11 is 0. The van der Waals surface area contributed by atoms with E-state index in [9.17, 15) is 19.5 Å². The lowest BCUT2D eigenvalue weighted by Gasteiger charge is -2.42. The summed E-state index contributed by atoms with van der Waals surface area (Å²) in [4.78, 5) is 33.0. The number of aliphatic hydroxyl groups excluding tert-OH is 1. The smallest absolute Gasteiger partial charge is 0.330 e. The molecule has 0 spiro atoms. The summed E-state index contributed by atoms with van der Waals surface area (Å²) in [6, 6.07) is 0. The molecule has 0 aromatic carbocycles. The maximum Gasteiger partial charge on any atom is 0.330 e. The van der Waals surface area contributed by atoms with Crippen molar-refractivity contribution in [1.82, 2.24) is 0 Å². The third-order valence-corrected chi connectivity index (χ3v) is 8.83. The van der Waals surface area contributed by atoms with Crippen molar-refractivity contribution in [3.05, 3.63) is 36.6 Å². The van der Waals surface area contributed by atoms with Gasteiger partial charge >= 0.3 is 17.9 Å². The van der Waals surface area contributed by atoms with E-state index in [2.05, 4.69) is 19.7 Å². The average Bonchev–Trinajstić information content (AvgIpc) is 3.10. The van der Waals surface area contributed by atoms with Gasteiger partial charge in [-0.25, -0.2) is 4.79 Å². The minimum absolute atomic E-state index is 0.0142.